The van der Waals surface area contributed by atoms with Gasteiger partial charge >= 0.3 is 0 Å². The summed E-state index contributed by atoms with van der Waals surface area (Å²) < 4.78 is 11.4. The van der Waals surface area contributed by atoms with Crippen LogP contribution in [0, 0.1) is 5.92 Å². The van der Waals surface area contributed by atoms with E-state index in [-0.39, 0.29) is 11.8 Å². The van der Waals surface area contributed by atoms with E-state index in [9.17, 15) is 4.79 Å². The number of nitrogens with zero attached hydrogens (tertiary/aromatic N) is 2. The third-order valence-electron chi connectivity index (χ3n) is 5.49. The molecule has 1 amide bonds. The number of benzene rings is 1. The normalized spacial score (nSPS) is 16.6. The lowest BCUT2D eigenvalue weighted by atomic mass is 9.90. The Kier molecular flexibility index (Phi) is 5.28. The molecule has 0 N–H and O–H groups in total. The van der Waals surface area contributed by atoms with E-state index in [0.29, 0.717) is 25.6 Å². The number of carbonyl (C=O) groups excluding carboxylic acids is 1. The number of rotatable bonds is 7. The Morgan fingerprint density at radius 2 is 1.89 bits per heavy atom. The van der Waals surface area contributed by atoms with Gasteiger partial charge in [-0.1, -0.05) is 6.07 Å². The van der Waals surface area contributed by atoms with Gasteiger partial charge < -0.3 is 14.4 Å². The van der Waals surface area contributed by atoms with Crippen molar-refractivity contribution < 1.29 is 14.3 Å². The third-order valence-corrected chi connectivity index (χ3v) is 5.49. The molecule has 5 nitrogen and oxygen atoms in total. The molecule has 0 spiro atoms. The van der Waals surface area contributed by atoms with Gasteiger partial charge in [-0.2, -0.15) is 0 Å². The average Bonchev–Trinajstić information content (AvgIpc) is 3.55. The first-order valence-electron chi connectivity index (χ1n) is 9.73. The number of amides is 1. The highest BCUT2D eigenvalue weighted by atomic mass is 16.6. The summed E-state index contributed by atoms with van der Waals surface area (Å²) in [5, 5.41) is 0. The van der Waals surface area contributed by atoms with Crippen LogP contribution < -0.4 is 9.47 Å². The van der Waals surface area contributed by atoms with Crippen molar-refractivity contribution in [2.24, 2.45) is 5.92 Å². The maximum Gasteiger partial charge on any atom is 0.222 e. The maximum atomic E-state index is 12.8. The highest BCUT2D eigenvalue weighted by molar-refractivity contribution is 5.77. The summed E-state index contributed by atoms with van der Waals surface area (Å²) in [7, 11) is 1.90. The first-order chi connectivity index (χ1) is 13.2. The van der Waals surface area contributed by atoms with Gasteiger partial charge in [0.15, 0.2) is 11.5 Å². The molecule has 1 aromatic heterocycles. The Morgan fingerprint density at radius 1 is 1.15 bits per heavy atom. The van der Waals surface area contributed by atoms with Crippen molar-refractivity contribution in [1.82, 2.24) is 9.88 Å². The fourth-order valence-corrected chi connectivity index (χ4v) is 3.66. The van der Waals surface area contributed by atoms with Crippen LogP contribution >= 0.6 is 0 Å². The van der Waals surface area contributed by atoms with Gasteiger partial charge in [0.2, 0.25) is 5.91 Å². The van der Waals surface area contributed by atoms with Gasteiger partial charge in [0.05, 0.1) is 0 Å². The molecule has 4 rings (SSSR count). The van der Waals surface area contributed by atoms with Crippen molar-refractivity contribution in [3.05, 3.63) is 53.9 Å². The average molecular weight is 366 g/mol. The quantitative estimate of drug-likeness (QED) is 0.753. The van der Waals surface area contributed by atoms with E-state index < -0.39 is 0 Å². The minimum Gasteiger partial charge on any atom is -0.486 e. The highest BCUT2D eigenvalue weighted by Gasteiger charge is 2.35. The fraction of sp³-hybridized carbons (Fsp3) is 0.455. The molecule has 0 bridgehead atoms. The molecule has 0 saturated heterocycles. The topological polar surface area (TPSA) is 51.7 Å². The molecule has 0 radical (unpaired) electrons. The standard InChI is InChI=1S/C22H26N2O3/c1-24(11-8-16-6-9-23-10-7-16)22(25)15-19(17-2-3-17)18-4-5-20-21(14-18)27-13-12-26-20/h4-7,9-10,14,17,19H,2-3,8,11-13,15H2,1H3. The number of hydrogen-bond acceptors (Lipinski definition) is 4. The number of pyridine rings is 1. The van der Waals surface area contributed by atoms with Gasteiger partial charge in [-0.25, -0.2) is 0 Å². The second kappa shape index (κ2) is 7.99. The molecule has 1 aliphatic heterocycles. The van der Waals surface area contributed by atoms with Crippen molar-refractivity contribution in [2.75, 3.05) is 26.8 Å². The molecule has 2 aromatic rings. The maximum absolute atomic E-state index is 12.8. The monoisotopic (exact) mass is 366 g/mol. The Balaban J connectivity index is 1.40. The second-order valence-corrected chi connectivity index (χ2v) is 7.47. The fourth-order valence-electron chi connectivity index (χ4n) is 3.66. The number of fused-ring (bicyclic) bond motifs is 1. The molecular formula is C22H26N2O3. The Morgan fingerprint density at radius 3 is 2.63 bits per heavy atom. The minimum atomic E-state index is 0.204. The van der Waals surface area contributed by atoms with Crippen molar-refractivity contribution in [1.29, 1.82) is 0 Å². The van der Waals surface area contributed by atoms with Gasteiger partial charge in [-0.3, -0.25) is 9.78 Å². The summed E-state index contributed by atoms with van der Waals surface area (Å²) in [5.74, 6) is 2.68. The lowest BCUT2D eigenvalue weighted by Crippen LogP contribution is -2.30. The van der Waals surface area contributed by atoms with E-state index in [4.69, 9.17) is 9.47 Å². The molecular weight excluding hydrogens is 340 g/mol. The zero-order valence-electron chi connectivity index (χ0n) is 15.8. The van der Waals surface area contributed by atoms with Gasteiger partial charge in [0.1, 0.15) is 13.2 Å². The molecule has 1 aliphatic carbocycles. The minimum absolute atomic E-state index is 0.204. The molecule has 2 heterocycles. The van der Waals surface area contributed by atoms with Crippen LogP contribution in [0.25, 0.3) is 0 Å². The van der Waals surface area contributed by atoms with Crippen molar-refractivity contribution in [2.45, 2.75) is 31.6 Å². The SMILES string of the molecule is CN(CCc1ccncc1)C(=O)CC(c1ccc2c(c1)OCCO2)C1CC1. The zero-order chi connectivity index (χ0) is 18.6. The van der Waals surface area contributed by atoms with Crippen LogP contribution in [0.1, 0.15) is 36.3 Å². The summed E-state index contributed by atoms with van der Waals surface area (Å²) in [5.41, 5.74) is 2.40. The first kappa shape index (κ1) is 17.8. The van der Waals surface area contributed by atoms with Crippen molar-refractivity contribution in [3.63, 3.8) is 0 Å². The summed E-state index contributed by atoms with van der Waals surface area (Å²) in [4.78, 5) is 18.7. The van der Waals surface area contributed by atoms with E-state index >= 15 is 0 Å². The zero-order valence-corrected chi connectivity index (χ0v) is 15.8. The van der Waals surface area contributed by atoms with E-state index in [1.54, 1.807) is 12.4 Å². The highest BCUT2D eigenvalue weighted by Crippen LogP contribution is 2.46. The summed E-state index contributed by atoms with van der Waals surface area (Å²) in [6.07, 6.45) is 7.39. The van der Waals surface area contributed by atoms with E-state index in [0.717, 1.165) is 24.5 Å². The van der Waals surface area contributed by atoms with Crippen LogP contribution in [0.2, 0.25) is 0 Å². The molecule has 1 unspecified atom stereocenters. The smallest absolute Gasteiger partial charge is 0.222 e. The lowest BCUT2D eigenvalue weighted by molar-refractivity contribution is -0.130. The lowest BCUT2D eigenvalue weighted by Gasteiger charge is -2.24. The molecule has 1 atom stereocenters. The summed E-state index contributed by atoms with van der Waals surface area (Å²) in [6, 6.07) is 10.2. The predicted molar refractivity (Wildman–Crippen MR) is 103 cm³/mol. The molecule has 142 valence electrons. The van der Waals surface area contributed by atoms with Crippen LogP contribution in [0.15, 0.2) is 42.7 Å². The first-order valence-corrected chi connectivity index (χ1v) is 9.73. The van der Waals surface area contributed by atoms with Crippen molar-refractivity contribution >= 4 is 5.91 Å². The molecule has 1 fully saturated rings. The van der Waals surface area contributed by atoms with E-state index in [1.807, 2.05) is 30.1 Å². The Hall–Kier alpha value is -2.56. The molecule has 1 aromatic carbocycles. The van der Waals surface area contributed by atoms with Gasteiger partial charge in [0, 0.05) is 32.4 Å². The predicted octanol–water partition coefficient (Wildman–Crippen LogP) is 3.44. The number of carbonyl (C=O) groups is 1. The molecule has 5 heteroatoms. The van der Waals surface area contributed by atoms with E-state index in [2.05, 4.69) is 17.1 Å². The number of ether oxygens (including phenoxy) is 2. The molecule has 1 saturated carbocycles. The van der Waals surface area contributed by atoms with Crippen LogP contribution in [-0.4, -0.2) is 42.6 Å². The number of likely N-dealkylation sites (N-methyl/N-ethyl adjacent to an activating group) is 1. The van der Waals surface area contributed by atoms with Crippen LogP contribution in [0.4, 0.5) is 0 Å². The largest absolute Gasteiger partial charge is 0.486 e. The van der Waals surface area contributed by atoms with E-state index in [1.165, 1.54) is 24.0 Å². The summed E-state index contributed by atoms with van der Waals surface area (Å²) in [6.45, 7) is 1.90. The second-order valence-electron chi connectivity index (χ2n) is 7.47. The van der Waals surface area contributed by atoms with Gasteiger partial charge in [-0.15, -0.1) is 0 Å². The van der Waals surface area contributed by atoms with Crippen LogP contribution in [0.5, 0.6) is 11.5 Å². The van der Waals surface area contributed by atoms with Crippen LogP contribution in [-0.2, 0) is 11.2 Å². The van der Waals surface area contributed by atoms with Crippen molar-refractivity contribution in [3.8, 4) is 11.5 Å². The van der Waals surface area contributed by atoms with Gasteiger partial charge in [0.25, 0.3) is 0 Å². The molecule has 2 aliphatic rings. The van der Waals surface area contributed by atoms with Gasteiger partial charge in [-0.05, 0) is 66.5 Å². The number of aromatic nitrogens is 1. The molecule has 27 heavy (non-hydrogen) atoms. The summed E-state index contributed by atoms with van der Waals surface area (Å²) >= 11 is 0. The van der Waals surface area contributed by atoms with Crippen LogP contribution in [0.3, 0.4) is 0 Å². The Bertz CT molecular complexity index is 789. The third kappa shape index (κ3) is 4.41. The number of hydrogen-bond donors (Lipinski definition) is 0. The Labute approximate surface area is 160 Å².